The van der Waals surface area contributed by atoms with E-state index in [2.05, 4.69) is 19.2 Å². The maximum absolute atomic E-state index is 12.9. The van der Waals surface area contributed by atoms with Crippen molar-refractivity contribution in [1.29, 1.82) is 0 Å². The Labute approximate surface area is 164 Å². The van der Waals surface area contributed by atoms with Crippen LogP contribution in [-0.4, -0.2) is 31.8 Å². The fraction of sp³-hybridized carbons (Fsp3) is 0.409. The molecule has 0 saturated heterocycles. The summed E-state index contributed by atoms with van der Waals surface area (Å²) in [5.41, 5.74) is 0.977. The van der Waals surface area contributed by atoms with Gasteiger partial charge in [0.05, 0.1) is 19.3 Å². The van der Waals surface area contributed by atoms with Crippen LogP contribution in [0.4, 0.5) is 0 Å². The third kappa shape index (κ3) is 3.86. The molecule has 2 aliphatic rings. The second kappa shape index (κ2) is 8.00. The Kier molecular flexibility index (Phi) is 5.28. The Hall–Kier alpha value is -2.89. The second-order valence-corrected chi connectivity index (χ2v) is 7.35. The number of carbonyl (C=O) groups excluding carboxylic acids is 1. The van der Waals surface area contributed by atoms with Gasteiger partial charge >= 0.3 is 0 Å². The van der Waals surface area contributed by atoms with Gasteiger partial charge < -0.3 is 24.3 Å². The van der Waals surface area contributed by atoms with Crippen LogP contribution in [0.25, 0.3) is 0 Å². The average Bonchev–Trinajstić information content (AvgIpc) is 2.96. The number of carbonyl (C=O) groups is 1. The van der Waals surface area contributed by atoms with Crippen LogP contribution in [0.2, 0.25) is 0 Å². The highest BCUT2D eigenvalue weighted by atomic mass is 16.6. The van der Waals surface area contributed by atoms with Gasteiger partial charge in [0, 0.05) is 6.42 Å². The van der Waals surface area contributed by atoms with Gasteiger partial charge in [-0.05, 0) is 35.7 Å². The zero-order valence-electron chi connectivity index (χ0n) is 16.1. The molecule has 0 aromatic heterocycles. The molecule has 2 atom stereocenters. The summed E-state index contributed by atoms with van der Waals surface area (Å²) in [5.74, 6) is 2.71. The molecule has 0 radical (unpaired) electrons. The molecular weight excluding hydrogens is 358 g/mol. The summed E-state index contributed by atoms with van der Waals surface area (Å²) < 4.78 is 23.0. The van der Waals surface area contributed by atoms with E-state index in [-0.39, 0.29) is 24.5 Å². The molecule has 2 heterocycles. The van der Waals surface area contributed by atoms with Crippen LogP contribution in [-0.2, 0) is 4.79 Å². The summed E-state index contributed by atoms with van der Waals surface area (Å²) >= 11 is 0. The Bertz CT molecular complexity index is 851. The minimum absolute atomic E-state index is 0.176. The van der Waals surface area contributed by atoms with Crippen molar-refractivity contribution in [3.8, 4) is 23.0 Å². The largest absolute Gasteiger partial charge is 0.490 e. The molecule has 0 aliphatic carbocycles. The summed E-state index contributed by atoms with van der Waals surface area (Å²) in [7, 11) is 0. The summed E-state index contributed by atoms with van der Waals surface area (Å²) in [6, 6.07) is 13.0. The molecule has 0 saturated carbocycles. The third-order valence-corrected chi connectivity index (χ3v) is 4.90. The average molecular weight is 383 g/mol. The highest BCUT2D eigenvalue weighted by Crippen LogP contribution is 2.35. The molecular formula is C22H25NO5. The van der Waals surface area contributed by atoms with Crippen molar-refractivity contribution in [2.75, 3.05) is 19.8 Å². The van der Waals surface area contributed by atoms with E-state index in [0.29, 0.717) is 24.7 Å². The van der Waals surface area contributed by atoms with Crippen LogP contribution >= 0.6 is 0 Å². The predicted molar refractivity (Wildman–Crippen MR) is 104 cm³/mol. The lowest BCUT2D eigenvalue weighted by molar-refractivity contribution is -0.131. The Morgan fingerprint density at radius 2 is 1.68 bits per heavy atom. The Morgan fingerprint density at radius 3 is 2.46 bits per heavy atom. The van der Waals surface area contributed by atoms with Crippen LogP contribution in [0, 0.1) is 5.92 Å². The number of fused-ring (bicyclic) bond motifs is 2. The number of ether oxygens (including phenoxy) is 4. The fourth-order valence-corrected chi connectivity index (χ4v) is 3.40. The van der Waals surface area contributed by atoms with Crippen molar-refractivity contribution in [2.24, 2.45) is 5.92 Å². The lowest BCUT2D eigenvalue weighted by Gasteiger charge is -2.29. The van der Waals surface area contributed by atoms with Crippen molar-refractivity contribution >= 4 is 5.91 Å². The van der Waals surface area contributed by atoms with Crippen molar-refractivity contribution in [3.63, 3.8) is 0 Å². The van der Waals surface area contributed by atoms with E-state index >= 15 is 0 Å². The minimum atomic E-state index is -0.684. The molecule has 2 aliphatic heterocycles. The van der Waals surface area contributed by atoms with E-state index in [1.54, 1.807) is 6.07 Å². The zero-order chi connectivity index (χ0) is 19.5. The number of amides is 1. The van der Waals surface area contributed by atoms with E-state index in [0.717, 1.165) is 23.5 Å². The Morgan fingerprint density at radius 1 is 0.964 bits per heavy atom. The quantitative estimate of drug-likeness (QED) is 0.875. The lowest BCUT2D eigenvalue weighted by Crippen LogP contribution is -2.46. The number of para-hydroxylation sites is 2. The predicted octanol–water partition coefficient (Wildman–Crippen LogP) is 3.50. The summed E-state index contributed by atoms with van der Waals surface area (Å²) in [6.45, 7) is 5.61. The SMILES string of the molecule is CC(C)[C@H](NC(=O)[C@H]1COc2ccccc2O1)c1ccc2c(c1)OCCCO2. The molecule has 0 unspecified atom stereocenters. The van der Waals surface area contributed by atoms with Crippen molar-refractivity contribution < 1.29 is 23.7 Å². The van der Waals surface area contributed by atoms with Crippen LogP contribution in [0.15, 0.2) is 42.5 Å². The summed E-state index contributed by atoms with van der Waals surface area (Å²) in [5, 5.41) is 3.12. The van der Waals surface area contributed by atoms with Gasteiger partial charge in [-0.1, -0.05) is 32.0 Å². The number of hydrogen-bond acceptors (Lipinski definition) is 5. The molecule has 148 valence electrons. The minimum Gasteiger partial charge on any atom is -0.490 e. The fourth-order valence-electron chi connectivity index (χ4n) is 3.40. The molecule has 4 rings (SSSR count). The number of hydrogen-bond donors (Lipinski definition) is 1. The molecule has 1 amide bonds. The van der Waals surface area contributed by atoms with Gasteiger partial charge in [0.1, 0.15) is 6.61 Å². The number of nitrogens with one attached hydrogen (secondary N) is 1. The second-order valence-electron chi connectivity index (χ2n) is 7.35. The van der Waals surface area contributed by atoms with E-state index < -0.39 is 6.10 Å². The smallest absolute Gasteiger partial charge is 0.265 e. The number of rotatable bonds is 4. The van der Waals surface area contributed by atoms with E-state index in [1.165, 1.54) is 0 Å². The summed E-state index contributed by atoms with van der Waals surface area (Å²) in [6.07, 6.45) is 0.172. The van der Waals surface area contributed by atoms with Gasteiger partial charge in [0.25, 0.3) is 5.91 Å². The highest BCUT2D eigenvalue weighted by Gasteiger charge is 2.30. The van der Waals surface area contributed by atoms with Gasteiger partial charge in [0.15, 0.2) is 23.0 Å². The Balaban J connectivity index is 1.50. The first-order valence-electron chi connectivity index (χ1n) is 9.70. The molecule has 0 bridgehead atoms. The van der Waals surface area contributed by atoms with Crippen LogP contribution < -0.4 is 24.3 Å². The highest BCUT2D eigenvalue weighted by molar-refractivity contribution is 5.82. The first-order valence-corrected chi connectivity index (χ1v) is 9.70. The third-order valence-electron chi connectivity index (χ3n) is 4.90. The normalized spacial score (nSPS) is 18.9. The number of benzene rings is 2. The van der Waals surface area contributed by atoms with Crippen molar-refractivity contribution in [1.82, 2.24) is 5.32 Å². The zero-order valence-corrected chi connectivity index (χ0v) is 16.1. The van der Waals surface area contributed by atoms with Gasteiger partial charge in [-0.3, -0.25) is 4.79 Å². The maximum atomic E-state index is 12.9. The monoisotopic (exact) mass is 383 g/mol. The van der Waals surface area contributed by atoms with E-state index in [1.807, 2.05) is 36.4 Å². The van der Waals surface area contributed by atoms with Gasteiger partial charge in [-0.25, -0.2) is 0 Å². The van der Waals surface area contributed by atoms with Crippen molar-refractivity contribution in [2.45, 2.75) is 32.4 Å². The molecule has 6 nitrogen and oxygen atoms in total. The first kappa shape index (κ1) is 18.5. The van der Waals surface area contributed by atoms with Gasteiger partial charge in [-0.2, -0.15) is 0 Å². The molecule has 6 heteroatoms. The molecule has 0 spiro atoms. The summed E-state index contributed by atoms with van der Waals surface area (Å²) in [4.78, 5) is 12.9. The lowest BCUT2D eigenvalue weighted by atomic mass is 9.95. The van der Waals surface area contributed by atoms with Crippen LogP contribution in [0.5, 0.6) is 23.0 Å². The van der Waals surface area contributed by atoms with Crippen molar-refractivity contribution in [3.05, 3.63) is 48.0 Å². The van der Waals surface area contributed by atoms with E-state index in [4.69, 9.17) is 18.9 Å². The standard InChI is InChI=1S/C22H25NO5/c1-14(2)21(15-8-9-17-19(12-15)26-11-5-10-25-17)23-22(24)20-13-27-16-6-3-4-7-18(16)28-20/h3-4,6-9,12,14,20-21H,5,10-11,13H2,1-2H3,(H,23,24)/t20-,21+/m1/s1. The van der Waals surface area contributed by atoms with Crippen LogP contribution in [0.3, 0.4) is 0 Å². The molecule has 2 aromatic rings. The van der Waals surface area contributed by atoms with Crippen LogP contribution in [0.1, 0.15) is 31.9 Å². The van der Waals surface area contributed by atoms with Gasteiger partial charge in [-0.15, -0.1) is 0 Å². The first-order chi connectivity index (χ1) is 13.6. The molecule has 28 heavy (non-hydrogen) atoms. The molecule has 2 aromatic carbocycles. The maximum Gasteiger partial charge on any atom is 0.265 e. The van der Waals surface area contributed by atoms with E-state index in [9.17, 15) is 4.79 Å². The molecule has 0 fully saturated rings. The topological polar surface area (TPSA) is 66.0 Å². The van der Waals surface area contributed by atoms with Gasteiger partial charge in [0.2, 0.25) is 6.10 Å². The molecule has 1 N–H and O–H groups in total.